The molecule has 6 nitrogen and oxygen atoms in total. The Kier molecular flexibility index (Phi) is 7.74. The minimum absolute atomic E-state index is 0. The first-order valence-corrected chi connectivity index (χ1v) is 10.6. The minimum atomic E-state index is -0.395. The molecule has 0 aliphatic heterocycles. The van der Waals surface area contributed by atoms with Gasteiger partial charge in [-0.05, 0) is 36.8 Å². The molecular formula is C23H18BrClN4O2S. The van der Waals surface area contributed by atoms with E-state index in [0.29, 0.717) is 9.82 Å². The van der Waals surface area contributed by atoms with Crippen molar-refractivity contribution in [3.8, 4) is 16.9 Å². The maximum absolute atomic E-state index is 11.2. The average molecular weight is 530 g/mol. The van der Waals surface area contributed by atoms with Gasteiger partial charge in [0.1, 0.15) is 0 Å². The van der Waals surface area contributed by atoms with Crippen molar-refractivity contribution in [1.82, 2.24) is 4.57 Å². The molecule has 0 fully saturated rings. The lowest BCUT2D eigenvalue weighted by atomic mass is 10.1. The summed E-state index contributed by atoms with van der Waals surface area (Å²) in [5.41, 5.74) is 4.14. The molecule has 0 saturated carbocycles. The molecule has 0 unspecified atom stereocenters. The van der Waals surface area contributed by atoms with Crippen molar-refractivity contribution in [2.24, 2.45) is 10.2 Å². The Morgan fingerprint density at radius 3 is 2.44 bits per heavy atom. The minimum Gasteiger partial charge on any atom is -0.284 e. The summed E-state index contributed by atoms with van der Waals surface area (Å²) in [6.45, 7) is 1.88. The number of thiazole rings is 1. The van der Waals surface area contributed by atoms with Crippen LogP contribution in [0.3, 0.4) is 0 Å². The van der Waals surface area contributed by atoms with Gasteiger partial charge in [-0.15, -0.1) is 33.4 Å². The Labute approximate surface area is 204 Å². The van der Waals surface area contributed by atoms with Gasteiger partial charge >= 0.3 is 0 Å². The highest BCUT2D eigenvalue weighted by Gasteiger charge is 2.13. The molecule has 0 bridgehead atoms. The fourth-order valence-corrected chi connectivity index (χ4v) is 4.04. The van der Waals surface area contributed by atoms with Crippen LogP contribution in [0.1, 0.15) is 12.5 Å². The quantitative estimate of drug-likeness (QED) is 0.164. The number of rotatable bonds is 5. The van der Waals surface area contributed by atoms with Gasteiger partial charge in [-0.1, -0.05) is 54.1 Å². The number of benzene rings is 3. The highest BCUT2D eigenvalue weighted by atomic mass is 79.9. The number of nitro groups is 1. The molecule has 1 heterocycles. The Morgan fingerprint density at radius 1 is 1.03 bits per heavy atom. The highest BCUT2D eigenvalue weighted by molar-refractivity contribution is 8.93. The lowest BCUT2D eigenvalue weighted by molar-refractivity contribution is -0.384. The molecule has 0 atom stereocenters. The second-order valence-electron chi connectivity index (χ2n) is 6.67. The molecule has 1 aromatic heterocycles. The Hall–Kier alpha value is -3.07. The van der Waals surface area contributed by atoms with Crippen LogP contribution in [0.5, 0.6) is 0 Å². The molecule has 0 saturated heterocycles. The van der Waals surface area contributed by atoms with E-state index in [0.717, 1.165) is 28.2 Å². The highest BCUT2D eigenvalue weighted by Crippen LogP contribution is 2.26. The Balaban J connectivity index is 0.00000289. The molecule has 4 aromatic rings. The zero-order valence-corrected chi connectivity index (χ0v) is 20.2. The summed E-state index contributed by atoms with van der Waals surface area (Å²) in [5.74, 6) is 0. The van der Waals surface area contributed by atoms with Crippen LogP contribution in [-0.4, -0.2) is 15.2 Å². The maximum atomic E-state index is 11.2. The maximum Gasteiger partial charge on any atom is 0.270 e. The van der Waals surface area contributed by atoms with E-state index >= 15 is 0 Å². The van der Waals surface area contributed by atoms with Crippen LogP contribution < -0.4 is 4.80 Å². The van der Waals surface area contributed by atoms with Crippen LogP contribution in [0, 0.1) is 10.1 Å². The second kappa shape index (κ2) is 10.5. The van der Waals surface area contributed by atoms with Crippen LogP contribution in [0.4, 0.5) is 5.69 Å². The predicted octanol–water partition coefficient (Wildman–Crippen LogP) is 6.67. The fourth-order valence-electron chi connectivity index (χ4n) is 3.05. The second-order valence-corrected chi connectivity index (χ2v) is 7.95. The van der Waals surface area contributed by atoms with Crippen molar-refractivity contribution in [1.29, 1.82) is 0 Å². The van der Waals surface area contributed by atoms with Crippen molar-refractivity contribution >= 4 is 51.3 Å². The molecule has 9 heteroatoms. The third kappa shape index (κ3) is 5.21. The van der Waals surface area contributed by atoms with Gasteiger partial charge in [0.25, 0.3) is 5.69 Å². The van der Waals surface area contributed by atoms with E-state index in [1.54, 1.807) is 12.1 Å². The summed E-state index contributed by atoms with van der Waals surface area (Å²) in [6, 6.07) is 23.7. The molecule has 32 heavy (non-hydrogen) atoms. The molecule has 162 valence electrons. The zero-order chi connectivity index (χ0) is 21.8. The molecule has 0 spiro atoms. The number of halogens is 2. The monoisotopic (exact) mass is 528 g/mol. The van der Waals surface area contributed by atoms with E-state index < -0.39 is 4.92 Å². The zero-order valence-electron chi connectivity index (χ0n) is 16.9. The number of hydrogen-bond acceptors (Lipinski definition) is 5. The molecule has 0 radical (unpaired) electrons. The lowest BCUT2D eigenvalue weighted by Gasteiger charge is -2.09. The number of para-hydroxylation sites is 1. The molecule has 0 N–H and O–H groups in total. The normalized spacial score (nSPS) is 11.8. The van der Waals surface area contributed by atoms with Crippen LogP contribution in [0.2, 0.25) is 5.02 Å². The third-order valence-corrected chi connectivity index (χ3v) is 5.69. The van der Waals surface area contributed by atoms with Crippen molar-refractivity contribution in [2.45, 2.75) is 6.92 Å². The van der Waals surface area contributed by atoms with Gasteiger partial charge in [-0.3, -0.25) is 14.7 Å². The number of non-ortho nitro benzene ring substituents is 1. The van der Waals surface area contributed by atoms with Crippen molar-refractivity contribution in [2.75, 3.05) is 0 Å². The van der Waals surface area contributed by atoms with E-state index in [2.05, 4.69) is 10.2 Å². The van der Waals surface area contributed by atoms with E-state index in [4.69, 9.17) is 11.6 Å². The number of hydrogen-bond donors (Lipinski definition) is 0. The van der Waals surface area contributed by atoms with E-state index in [1.807, 2.05) is 77.5 Å². The summed E-state index contributed by atoms with van der Waals surface area (Å²) in [7, 11) is 0. The van der Waals surface area contributed by atoms with Crippen molar-refractivity contribution in [3.05, 3.63) is 110 Å². The standard InChI is InChI=1S/C23H17ClN4O2S.BrH/c1-16(17-10-12-19(24)13-11-17)25-26-23-27(20-7-3-2-4-8-20)22(15-31-23)18-6-5-9-21(14-18)28(29)30;/h2-15H,1H3;1H. The van der Waals surface area contributed by atoms with Gasteiger partial charge in [0.2, 0.25) is 4.80 Å². The first kappa shape index (κ1) is 23.6. The topological polar surface area (TPSA) is 72.8 Å². The van der Waals surface area contributed by atoms with Gasteiger partial charge in [-0.25, -0.2) is 0 Å². The predicted molar refractivity (Wildman–Crippen MR) is 135 cm³/mol. The van der Waals surface area contributed by atoms with Crippen LogP contribution in [-0.2, 0) is 0 Å². The van der Waals surface area contributed by atoms with Crippen molar-refractivity contribution < 1.29 is 4.92 Å². The molecule has 4 rings (SSSR count). The molecule has 0 amide bonds. The van der Waals surface area contributed by atoms with Gasteiger partial charge in [-0.2, -0.15) is 5.10 Å². The first-order chi connectivity index (χ1) is 15.0. The average Bonchev–Trinajstić information content (AvgIpc) is 3.22. The SMILES string of the molecule is Br.CC(=NN=c1scc(-c2cccc([N+](=O)[O-])c2)n1-c1ccccc1)c1ccc(Cl)cc1. The summed E-state index contributed by atoms with van der Waals surface area (Å²) in [6.07, 6.45) is 0. The van der Waals surface area contributed by atoms with E-state index in [-0.39, 0.29) is 22.7 Å². The van der Waals surface area contributed by atoms with Crippen LogP contribution in [0.15, 0.2) is 94.4 Å². The largest absolute Gasteiger partial charge is 0.284 e. The lowest BCUT2D eigenvalue weighted by Crippen LogP contribution is -2.13. The number of nitrogens with zero attached hydrogens (tertiary/aromatic N) is 4. The summed E-state index contributed by atoms with van der Waals surface area (Å²) < 4.78 is 1.95. The first-order valence-electron chi connectivity index (χ1n) is 9.38. The van der Waals surface area contributed by atoms with Crippen molar-refractivity contribution in [3.63, 3.8) is 0 Å². The van der Waals surface area contributed by atoms with Gasteiger partial charge in [0.05, 0.1) is 16.3 Å². The summed E-state index contributed by atoms with van der Waals surface area (Å²) >= 11 is 7.38. The molecule has 3 aromatic carbocycles. The van der Waals surface area contributed by atoms with Crippen LogP contribution in [0.25, 0.3) is 16.9 Å². The summed E-state index contributed by atoms with van der Waals surface area (Å²) in [4.78, 5) is 11.5. The summed E-state index contributed by atoms with van der Waals surface area (Å²) in [5, 5.41) is 22.7. The third-order valence-electron chi connectivity index (χ3n) is 4.62. The van der Waals surface area contributed by atoms with Crippen LogP contribution >= 0.6 is 39.9 Å². The molecule has 0 aliphatic carbocycles. The smallest absolute Gasteiger partial charge is 0.270 e. The van der Waals surface area contributed by atoms with Gasteiger partial charge in [0.15, 0.2) is 0 Å². The Morgan fingerprint density at radius 2 is 1.75 bits per heavy atom. The van der Waals surface area contributed by atoms with Gasteiger partial charge in [0, 0.05) is 33.8 Å². The van der Waals surface area contributed by atoms with E-state index in [1.165, 1.54) is 17.4 Å². The number of nitro benzene ring substituents is 1. The Bertz CT molecular complexity index is 1330. The van der Waals surface area contributed by atoms with Gasteiger partial charge < -0.3 is 0 Å². The molecule has 0 aliphatic rings. The van der Waals surface area contributed by atoms with E-state index in [9.17, 15) is 10.1 Å². The molecular weight excluding hydrogens is 512 g/mol. The number of aromatic nitrogens is 1. The fraction of sp³-hybridized carbons (Fsp3) is 0.0435.